The van der Waals surface area contributed by atoms with E-state index in [2.05, 4.69) is 15.1 Å². The second-order valence-electron chi connectivity index (χ2n) is 6.29. The number of amides is 1. The summed E-state index contributed by atoms with van der Waals surface area (Å²) in [5.41, 5.74) is 1.88. The average Bonchev–Trinajstić information content (AvgIpc) is 2.65. The summed E-state index contributed by atoms with van der Waals surface area (Å²) < 4.78 is 5.40. The third kappa shape index (κ3) is 4.89. The third-order valence-electron chi connectivity index (χ3n) is 4.40. The van der Waals surface area contributed by atoms with E-state index in [1.165, 1.54) is 0 Å². The van der Waals surface area contributed by atoms with E-state index in [1.807, 2.05) is 43.3 Å². The highest BCUT2D eigenvalue weighted by Crippen LogP contribution is 2.20. The zero-order chi connectivity index (χ0) is 18.4. The minimum atomic E-state index is -0.00718. The van der Waals surface area contributed by atoms with Crippen LogP contribution in [0.4, 0.5) is 11.4 Å². The number of ether oxygens (including phenoxy) is 1. The van der Waals surface area contributed by atoms with E-state index < -0.39 is 0 Å². The number of phenolic OH excluding ortho intramolecular Hbond substituents is 1. The summed E-state index contributed by atoms with van der Waals surface area (Å²) in [6.45, 7) is 6.34. The van der Waals surface area contributed by atoms with E-state index >= 15 is 0 Å². The second kappa shape index (κ2) is 8.58. The Balaban J connectivity index is 1.45. The van der Waals surface area contributed by atoms with Gasteiger partial charge in [-0.2, -0.15) is 0 Å². The first kappa shape index (κ1) is 18.1. The molecule has 2 N–H and O–H groups in total. The first-order valence-electron chi connectivity index (χ1n) is 8.93. The molecule has 0 saturated carbocycles. The van der Waals surface area contributed by atoms with Crippen LogP contribution in [0.1, 0.15) is 6.92 Å². The Morgan fingerprint density at radius 3 is 2.31 bits per heavy atom. The number of piperazine rings is 1. The molecule has 0 spiro atoms. The number of hydrogen-bond acceptors (Lipinski definition) is 5. The first-order valence-corrected chi connectivity index (χ1v) is 8.93. The van der Waals surface area contributed by atoms with Crippen molar-refractivity contribution in [2.75, 3.05) is 49.5 Å². The molecule has 6 nitrogen and oxygen atoms in total. The Kier molecular flexibility index (Phi) is 5.96. The molecule has 1 saturated heterocycles. The maximum atomic E-state index is 12.3. The maximum Gasteiger partial charge on any atom is 0.238 e. The monoisotopic (exact) mass is 355 g/mol. The molecule has 6 heteroatoms. The zero-order valence-electron chi connectivity index (χ0n) is 15.0. The Bertz CT molecular complexity index is 708. The fourth-order valence-electron chi connectivity index (χ4n) is 3.03. The van der Waals surface area contributed by atoms with Crippen LogP contribution in [0.25, 0.3) is 0 Å². The Hall–Kier alpha value is -2.73. The molecule has 1 aliphatic heterocycles. The lowest BCUT2D eigenvalue weighted by Gasteiger charge is -2.35. The van der Waals surface area contributed by atoms with Crippen LogP contribution in [0.5, 0.6) is 11.5 Å². The molecular formula is C20H25N3O3. The molecule has 1 aliphatic rings. The van der Waals surface area contributed by atoms with Gasteiger partial charge in [0.05, 0.1) is 13.2 Å². The van der Waals surface area contributed by atoms with E-state index in [0.717, 1.165) is 43.3 Å². The molecule has 1 fully saturated rings. The van der Waals surface area contributed by atoms with Gasteiger partial charge in [0.25, 0.3) is 0 Å². The normalized spacial score (nSPS) is 14.9. The number of anilines is 2. The standard InChI is InChI=1S/C20H25N3O3/c1-2-26-19-9-3-16(4-10-19)21-20(25)15-22-11-13-23(14-12-22)17-5-7-18(24)8-6-17/h3-10,24H,2,11-15H2,1H3,(H,21,25). The van der Waals surface area contributed by atoms with E-state index in [1.54, 1.807) is 12.1 Å². The van der Waals surface area contributed by atoms with Gasteiger partial charge in [-0.3, -0.25) is 9.69 Å². The summed E-state index contributed by atoms with van der Waals surface area (Å²) in [6, 6.07) is 14.7. The fourth-order valence-corrected chi connectivity index (χ4v) is 3.03. The van der Waals surface area contributed by atoms with Crippen molar-refractivity contribution in [3.05, 3.63) is 48.5 Å². The fraction of sp³-hybridized carbons (Fsp3) is 0.350. The minimum Gasteiger partial charge on any atom is -0.508 e. The summed E-state index contributed by atoms with van der Waals surface area (Å²) in [6.07, 6.45) is 0. The lowest BCUT2D eigenvalue weighted by atomic mass is 10.2. The van der Waals surface area contributed by atoms with Crippen LogP contribution in [-0.2, 0) is 4.79 Å². The van der Waals surface area contributed by atoms with Gasteiger partial charge in [0.15, 0.2) is 0 Å². The Morgan fingerprint density at radius 1 is 1.04 bits per heavy atom. The number of phenols is 1. The highest BCUT2D eigenvalue weighted by atomic mass is 16.5. The van der Waals surface area contributed by atoms with Crippen molar-refractivity contribution in [1.82, 2.24) is 4.90 Å². The van der Waals surface area contributed by atoms with Crippen molar-refractivity contribution in [3.63, 3.8) is 0 Å². The maximum absolute atomic E-state index is 12.3. The van der Waals surface area contributed by atoms with Crippen LogP contribution in [-0.4, -0.2) is 55.2 Å². The van der Waals surface area contributed by atoms with Gasteiger partial charge in [0.1, 0.15) is 11.5 Å². The number of nitrogens with one attached hydrogen (secondary N) is 1. The van der Waals surface area contributed by atoms with Gasteiger partial charge in [-0.05, 0) is 55.5 Å². The molecule has 1 heterocycles. The summed E-state index contributed by atoms with van der Waals surface area (Å²) in [4.78, 5) is 16.7. The van der Waals surface area contributed by atoms with Gasteiger partial charge in [-0.25, -0.2) is 0 Å². The SMILES string of the molecule is CCOc1ccc(NC(=O)CN2CCN(c3ccc(O)cc3)CC2)cc1. The first-order chi connectivity index (χ1) is 12.6. The van der Waals surface area contributed by atoms with Crippen LogP contribution < -0.4 is 15.0 Å². The molecular weight excluding hydrogens is 330 g/mol. The summed E-state index contributed by atoms with van der Waals surface area (Å²) >= 11 is 0. The van der Waals surface area contributed by atoms with Crippen LogP contribution in [0.15, 0.2) is 48.5 Å². The number of hydrogen-bond donors (Lipinski definition) is 2. The molecule has 0 bridgehead atoms. The molecule has 0 atom stereocenters. The van der Waals surface area contributed by atoms with E-state index in [9.17, 15) is 9.90 Å². The molecule has 2 aromatic carbocycles. The predicted molar refractivity (Wildman–Crippen MR) is 103 cm³/mol. The lowest BCUT2D eigenvalue weighted by molar-refractivity contribution is -0.117. The summed E-state index contributed by atoms with van der Waals surface area (Å²) in [5.74, 6) is 1.07. The largest absolute Gasteiger partial charge is 0.508 e. The summed E-state index contributed by atoms with van der Waals surface area (Å²) in [5, 5.41) is 12.3. The van der Waals surface area contributed by atoms with Crippen LogP contribution >= 0.6 is 0 Å². The zero-order valence-corrected chi connectivity index (χ0v) is 15.0. The van der Waals surface area contributed by atoms with Gasteiger partial charge in [-0.1, -0.05) is 0 Å². The van der Waals surface area contributed by atoms with Gasteiger partial charge in [0.2, 0.25) is 5.91 Å². The number of carbonyl (C=O) groups excluding carboxylic acids is 1. The van der Waals surface area contributed by atoms with Crippen molar-refractivity contribution in [2.24, 2.45) is 0 Å². The lowest BCUT2D eigenvalue weighted by Crippen LogP contribution is -2.48. The van der Waals surface area contributed by atoms with E-state index in [-0.39, 0.29) is 11.7 Å². The van der Waals surface area contributed by atoms with Crippen molar-refractivity contribution < 1.29 is 14.6 Å². The van der Waals surface area contributed by atoms with Gasteiger partial charge in [-0.15, -0.1) is 0 Å². The average molecular weight is 355 g/mol. The molecule has 0 aromatic heterocycles. The topological polar surface area (TPSA) is 65.0 Å². The number of rotatable bonds is 6. The van der Waals surface area contributed by atoms with Crippen LogP contribution in [0.3, 0.4) is 0 Å². The molecule has 2 aromatic rings. The van der Waals surface area contributed by atoms with Crippen LogP contribution in [0.2, 0.25) is 0 Å². The second-order valence-corrected chi connectivity index (χ2v) is 6.29. The smallest absolute Gasteiger partial charge is 0.238 e. The van der Waals surface area contributed by atoms with Gasteiger partial charge >= 0.3 is 0 Å². The Morgan fingerprint density at radius 2 is 1.69 bits per heavy atom. The van der Waals surface area contributed by atoms with Crippen LogP contribution in [0, 0.1) is 0 Å². The summed E-state index contributed by atoms with van der Waals surface area (Å²) in [7, 11) is 0. The molecule has 1 amide bonds. The minimum absolute atomic E-state index is 0.00718. The van der Waals surface area contributed by atoms with E-state index in [4.69, 9.17) is 4.74 Å². The van der Waals surface area contributed by atoms with Crippen molar-refractivity contribution in [3.8, 4) is 11.5 Å². The van der Waals surface area contributed by atoms with E-state index in [0.29, 0.717) is 13.2 Å². The van der Waals surface area contributed by atoms with Gasteiger partial charge < -0.3 is 20.1 Å². The van der Waals surface area contributed by atoms with Gasteiger partial charge in [0, 0.05) is 37.6 Å². The molecule has 3 rings (SSSR count). The molecule has 26 heavy (non-hydrogen) atoms. The van der Waals surface area contributed by atoms with Crippen molar-refractivity contribution in [1.29, 1.82) is 0 Å². The quantitative estimate of drug-likeness (QED) is 0.834. The number of benzene rings is 2. The number of nitrogens with zero attached hydrogens (tertiary/aromatic N) is 2. The number of carbonyl (C=O) groups is 1. The molecule has 138 valence electrons. The third-order valence-corrected chi connectivity index (χ3v) is 4.40. The van der Waals surface area contributed by atoms with Crippen molar-refractivity contribution >= 4 is 17.3 Å². The highest BCUT2D eigenvalue weighted by molar-refractivity contribution is 5.92. The van der Waals surface area contributed by atoms with Crippen molar-refractivity contribution in [2.45, 2.75) is 6.92 Å². The Labute approximate surface area is 154 Å². The predicted octanol–water partition coefficient (Wildman–Crippen LogP) is 2.55. The number of aromatic hydroxyl groups is 1. The highest BCUT2D eigenvalue weighted by Gasteiger charge is 2.19. The molecule has 0 radical (unpaired) electrons. The molecule has 0 aliphatic carbocycles. The molecule has 0 unspecified atom stereocenters.